The number of rotatable bonds is 4. The van der Waals surface area contributed by atoms with Crippen LogP contribution in [0.25, 0.3) is 0 Å². The van der Waals surface area contributed by atoms with Crippen LogP contribution in [0, 0.1) is 0 Å². The quantitative estimate of drug-likeness (QED) is 0.792. The minimum absolute atomic E-state index is 0.0558. The van der Waals surface area contributed by atoms with Gasteiger partial charge in [0, 0.05) is 6.04 Å². The molecule has 0 unspecified atom stereocenters. The van der Waals surface area contributed by atoms with E-state index in [1.54, 1.807) is 0 Å². The van der Waals surface area contributed by atoms with E-state index in [-0.39, 0.29) is 17.0 Å². The van der Waals surface area contributed by atoms with Crippen molar-refractivity contribution in [3.05, 3.63) is 22.8 Å². The Morgan fingerprint density at radius 2 is 1.96 bits per heavy atom. The summed E-state index contributed by atoms with van der Waals surface area (Å²) in [5, 5.41) is 3.20. The summed E-state index contributed by atoms with van der Waals surface area (Å²) in [6.07, 6.45) is 0.986. The van der Waals surface area contributed by atoms with Crippen molar-refractivity contribution < 1.29 is 27.8 Å². The van der Waals surface area contributed by atoms with Gasteiger partial charge in [-0.05, 0) is 25.8 Å². The van der Waals surface area contributed by atoms with E-state index in [0.29, 0.717) is 24.9 Å². The second-order valence-electron chi connectivity index (χ2n) is 7.44. The highest BCUT2D eigenvalue weighted by Gasteiger charge is 2.36. The highest BCUT2D eigenvalue weighted by Crippen LogP contribution is 2.32. The lowest BCUT2D eigenvalue weighted by molar-refractivity contribution is -0.914. The number of carbonyl (C=O) groups is 1. The Morgan fingerprint density at radius 1 is 1.33 bits per heavy atom. The highest BCUT2D eigenvalue weighted by molar-refractivity contribution is 6.32. The van der Waals surface area contributed by atoms with Gasteiger partial charge in [-0.1, -0.05) is 24.4 Å². The first-order valence-electron chi connectivity index (χ1n) is 9.44. The zero-order chi connectivity index (χ0) is 19.6. The normalized spacial score (nSPS) is 20.7. The standard InChI is InChI=1S/C18H24ClF3N4O/c1-12(17(27)24-14-4-2-3-5-14)25-6-8-26(9-7-25)16-15(19)10-13(11-23-16)18(20,21)22/h10-12,14H,2-9H2,1H3,(H,24,27)/p+2/t12-/m0/s1. The van der Waals surface area contributed by atoms with E-state index in [0.717, 1.165) is 38.2 Å². The first-order valence-corrected chi connectivity index (χ1v) is 9.82. The maximum atomic E-state index is 12.8. The summed E-state index contributed by atoms with van der Waals surface area (Å²) in [5.41, 5.74) is -0.794. The van der Waals surface area contributed by atoms with E-state index >= 15 is 0 Å². The Morgan fingerprint density at radius 3 is 2.52 bits per heavy atom. The molecule has 0 bridgehead atoms. The zero-order valence-electron chi connectivity index (χ0n) is 15.3. The number of carbonyl (C=O) groups excluding carboxylic acids is 1. The van der Waals surface area contributed by atoms with E-state index in [4.69, 9.17) is 11.6 Å². The monoisotopic (exact) mass is 406 g/mol. The number of anilines is 1. The maximum absolute atomic E-state index is 12.8. The molecule has 27 heavy (non-hydrogen) atoms. The van der Waals surface area contributed by atoms with Crippen LogP contribution in [0.1, 0.15) is 38.2 Å². The molecule has 0 radical (unpaired) electrons. The van der Waals surface area contributed by atoms with Crippen LogP contribution in [-0.4, -0.2) is 44.2 Å². The molecule has 1 aromatic rings. The molecular formula is C18H26ClF3N4O+2. The average Bonchev–Trinajstić information content (AvgIpc) is 3.13. The van der Waals surface area contributed by atoms with Gasteiger partial charge in [0.1, 0.15) is 37.4 Å². The first kappa shape index (κ1) is 20.2. The number of nitrogens with zero attached hydrogens (tertiary/aromatic N) is 1. The molecule has 0 aromatic carbocycles. The lowest BCUT2D eigenvalue weighted by Gasteiger charge is -2.32. The van der Waals surface area contributed by atoms with E-state index < -0.39 is 11.7 Å². The predicted octanol–water partition coefficient (Wildman–Crippen LogP) is 1.33. The third-order valence-corrected chi connectivity index (χ3v) is 5.92. The van der Waals surface area contributed by atoms with Crippen molar-refractivity contribution in [2.24, 2.45) is 0 Å². The first-order chi connectivity index (χ1) is 12.8. The summed E-state index contributed by atoms with van der Waals surface area (Å²) in [4.78, 5) is 18.3. The third-order valence-electron chi connectivity index (χ3n) is 5.63. The van der Waals surface area contributed by atoms with Crippen molar-refractivity contribution in [1.82, 2.24) is 5.32 Å². The minimum Gasteiger partial charge on any atom is -0.348 e. The molecular weight excluding hydrogens is 381 g/mol. The number of nitrogens with one attached hydrogen (secondary N) is 3. The predicted molar refractivity (Wildman–Crippen MR) is 95.8 cm³/mol. The van der Waals surface area contributed by atoms with Crippen molar-refractivity contribution in [1.29, 1.82) is 0 Å². The van der Waals surface area contributed by atoms with Gasteiger partial charge in [0.15, 0.2) is 6.04 Å². The van der Waals surface area contributed by atoms with Gasteiger partial charge in [0.2, 0.25) is 0 Å². The molecule has 2 aliphatic rings. The second kappa shape index (κ2) is 8.22. The Labute approximate surface area is 161 Å². The van der Waals surface area contributed by atoms with Gasteiger partial charge in [-0.15, -0.1) is 0 Å². The molecule has 9 heteroatoms. The number of pyridine rings is 1. The summed E-state index contributed by atoms with van der Waals surface area (Å²) < 4.78 is 38.3. The number of amides is 1. The summed E-state index contributed by atoms with van der Waals surface area (Å²) in [6.45, 7) is 4.64. The fourth-order valence-corrected chi connectivity index (χ4v) is 4.19. The molecule has 1 aliphatic carbocycles. The molecule has 2 heterocycles. The second-order valence-corrected chi connectivity index (χ2v) is 7.85. The van der Waals surface area contributed by atoms with Gasteiger partial charge in [-0.25, -0.2) is 9.88 Å². The number of hydrogen-bond donors (Lipinski definition) is 2. The molecule has 3 rings (SSSR count). The van der Waals surface area contributed by atoms with Gasteiger partial charge in [0.25, 0.3) is 11.7 Å². The number of H-pyrrole nitrogens is 1. The molecule has 150 valence electrons. The van der Waals surface area contributed by atoms with Crippen LogP contribution < -0.4 is 20.1 Å². The smallest absolute Gasteiger partial charge is 0.348 e. The van der Waals surface area contributed by atoms with Gasteiger partial charge >= 0.3 is 6.18 Å². The average molecular weight is 407 g/mol. The molecule has 1 aliphatic heterocycles. The van der Waals surface area contributed by atoms with Gasteiger partial charge in [-0.3, -0.25) is 4.79 Å². The molecule has 3 N–H and O–H groups in total. The van der Waals surface area contributed by atoms with Crippen LogP contribution in [0.15, 0.2) is 12.3 Å². The molecule has 1 saturated heterocycles. The number of hydrogen-bond acceptors (Lipinski definition) is 2. The number of piperazine rings is 1. The van der Waals surface area contributed by atoms with Crippen LogP contribution >= 0.6 is 11.6 Å². The van der Waals surface area contributed by atoms with Gasteiger partial charge < -0.3 is 10.2 Å². The van der Waals surface area contributed by atoms with Crippen molar-refractivity contribution in [2.75, 3.05) is 31.1 Å². The van der Waals surface area contributed by atoms with E-state index in [1.165, 1.54) is 17.7 Å². The lowest BCUT2D eigenvalue weighted by Crippen LogP contribution is -3.19. The number of halogens is 4. The van der Waals surface area contributed by atoms with Crippen molar-refractivity contribution >= 4 is 23.3 Å². The molecule has 1 amide bonds. The van der Waals surface area contributed by atoms with Crippen LogP contribution in [0.2, 0.25) is 5.02 Å². The highest BCUT2D eigenvalue weighted by atomic mass is 35.5. The maximum Gasteiger partial charge on any atom is 0.419 e. The molecule has 5 nitrogen and oxygen atoms in total. The van der Waals surface area contributed by atoms with Crippen molar-refractivity contribution in [2.45, 2.75) is 50.9 Å². The van der Waals surface area contributed by atoms with Crippen LogP contribution in [-0.2, 0) is 11.0 Å². The van der Waals surface area contributed by atoms with Gasteiger partial charge in [0.05, 0.1) is 5.56 Å². The van der Waals surface area contributed by atoms with Crippen molar-refractivity contribution in [3.63, 3.8) is 0 Å². The molecule has 1 atom stereocenters. The van der Waals surface area contributed by atoms with Crippen molar-refractivity contribution in [3.8, 4) is 0 Å². The Balaban J connectivity index is 1.56. The summed E-state index contributed by atoms with van der Waals surface area (Å²) in [5.74, 6) is 0.580. The fourth-order valence-electron chi connectivity index (χ4n) is 3.90. The summed E-state index contributed by atoms with van der Waals surface area (Å²) in [7, 11) is 0. The third kappa shape index (κ3) is 4.85. The van der Waals surface area contributed by atoms with E-state index in [2.05, 4.69) is 10.3 Å². The Bertz CT molecular complexity index is 671. The molecule has 2 fully saturated rings. The fraction of sp³-hybridized carbons (Fsp3) is 0.667. The zero-order valence-corrected chi connectivity index (χ0v) is 16.1. The molecule has 1 saturated carbocycles. The summed E-state index contributed by atoms with van der Waals surface area (Å²) >= 11 is 6.07. The summed E-state index contributed by atoms with van der Waals surface area (Å²) in [6, 6.07) is 1.12. The Hall–Kier alpha value is -1.54. The van der Waals surface area contributed by atoms with Crippen LogP contribution in [0.3, 0.4) is 0 Å². The molecule has 1 aromatic heterocycles. The number of alkyl halides is 3. The number of aromatic amines is 1. The lowest BCUT2D eigenvalue weighted by atomic mass is 10.2. The van der Waals surface area contributed by atoms with E-state index in [9.17, 15) is 18.0 Å². The van der Waals surface area contributed by atoms with Gasteiger partial charge in [-0.2, -0.15) is 13.2 Å². The topological polar surface area (TPSA) is 50.9 Å². The van der Waals surface area contributed by atoms with Crippen LogP contribution in [0.5, 0.6) is 0 Å². The SMILES string of the molecule is C[C@@H](C(=O)NC1CCCC1)[NH+]1CCN(c2[nH+]cc(C(F)(F)F)cc2Cl)CC1. The number of quaternary nitrogens is 1. The molecule has 0 spiro atoms. The largest absolute Gasteiger partial charge is 0.419 e. The minimum atomic E-state index is -4.43. The number of aromatic nitrogens is 1. The van der Waals surface area contributed by atoms with E-state index in [1.807, 2.05) is 11.8 Å². The van der Waals surface area contributed by atoms with Crippen LogP contribution in [0.4, 0.5) is 19.0 Å². The Kier molecular flexibility index (Phi) is 6.15.